The SMILES string of the molecule is C=C1N(C(O)(O)O)c2cc(N)ccc2C12CC2.CC. The maximum atomic E-state index is 9.42. The molecule has 19 heavy (non-hydrogen) atoms. The van der Waals surface area contributed by atoms with Crippen LogP contribution in [0.25, 0.3) is 0 Å². The average Bonchev–Trinajstić information content (AvgIpc) is 3.07. The van der Waals surface area contributed by atoms with Gasteiger partial charge in [0.1, 0.15) is 0 Å². The molecule has 1 saturated carbocycles. The van der Waals surface area contributed by atoms with Gasteiger partial charge >= 0.3 is 6.10 Å². The van der Waals surface area contributed by atoms with Crippen LogP contribution in [0.15, 0.2) is 30.5 Å². The molecule has 1 heterocycles. The summed E-state index contributed by atoms with van der Waals surface area (Å²) in [6.07, 6.45) is -1.14. The summed E-state index contributed by atoms with van der Waals surface area (Å²) in [5, 5.41) is 28.3. The predicted molar refractivity (Wildman–Crippen MR) is 74.1 cm³/mol. The van der Waals surface area contributed by atoms with Gasteiger partial charge in [-0.1, -0.05) is 26.5 Å². The second-order valence-corrected chi connectivity index (χ2v) is 4.74. The van der Waals surface area contributed by atoms with Gasteiger partial charge in [-0.25, -0.2) is 0 Å². The smallest absolute Gasteiger partial charge is 0.373 e. The number of anilines is 2. The number of hydrogen-bond donors (Lipinski definition) is 4. The van der Waals surface area contributed by atoms with Crippen LogP contribution in [0.3, 0.4) is 0 Å². The van der Waals surface area contributed by atoms with E-state index in [1.54, 1.807) is 12.1 Å². The lowest BCUT2D eigenvalue weighted by atomic mass is 9.96. The number of allylic oxidation sites excluding steroid dienone is 1. The van der Waals surface area contributed by atoms with E-state index >= 15 is 0 Å². The van der Waals surface area contributed by atoms with Crippen molar-refractivity contribution in [2.45, 2.75) is 38.2 Å². The molecule has 3 rings (SSSR count). The standard InChI is InChI=1S/C12H14N2O3.C2H6/c1-7-11(4-5-11)9-3-2-8(13)6-10(9)14(7)12(15,16)17;1-2/h2-3,6,15-17H,1,4-5,13H2;1-2H3. The molecular weight excluding hydrogens is 244 g/mol. The molecule has 0 amide bonds. The molecule has 0 saturated heterocycles. The molecule has 0 radical (unpaired) electrons. The predicted octanol–water partition coefficient (Wildman–Crippen LogP) is 1.25. The molecule has 104 valence electrons. The molecule has 0 bridgehead atoms. The van der Waals surface area contributed by atoms with Crippen LogP contribution in [0, 0.1) is 0 Å². The van der Waals surface area contributed by atoms with Crippen molar-refractivity contribution in [1.82, 2.24) is 0 Å². The van der Waals surface area contributed by atoms with E-state index in [1.165, 1.54) is 0 Å². The van der Waals surface area contributed by atoms with Crippen LogP contribution in [-0.4, -0.2) is 21.4 Å². The minimum Gasteiger partial charge on any atom is -0.399 e. The van der Waals surface area contributed by atoms with Crippen molar-refractivity contribution in [3.8, 4) is 0 Å². The molecular formula is C14H20N2O3. The third-order valence-electron chi connectivity index (χ3n) is 3.65. The van der Waals surface area contributed by atoms with Crippen molar-refractivity contribution >= 4 is 11.4 Å². The second-order valence-electron chi connectivity index (χ2n) is 4.74. The Morgan fingerprint density at radius 2 is 1.84 bits per heavy atom. The number of benzene rings is 1. The number of nitrogens with zero attached hydrogens (tertiary/aromatic N) is 1. The number of hydrogen-bond acceptors (Lipinski definition) is 5. The third-order valence-corrected chi connectivity index (χ3v) is 3.65. The van der Waals surface area contributed by atoms with Crippen LogP contribution >= 0.6 is 0 Å². The summed E-state index contributed by atoms with van der Waals surface area (Å²) in [6, 6.07) is 5.24. The fourth-order valence-electron chi connectivity index (χ4n) is 2.68. The summed E-state index contributed by atoms with van der Waals surface area (Å²) < 4.78 is 0. The molecule has 1 aliphatic heterocycles. The fourth-order valence-corrected chi connectivity index (χ4v) is 2.68. The molecule has 1 fully saturated rings. The second kappa shape index (κ2) is 4.23. The third kappa shape index (κ3) is 1.90. The summed E-state index contributed by atoms with van der Waals surface area (Å²) in [6.45, 7) is 7.87. The molecule has 0 aromatic heterocycles. The summed E-state index contributed by atoms with van der Waals surface area (Å²) in [7, 11) is 0. The van der Waals surface area contributed by atoms with E-state index < -0.39 is 6.10 Å². The molecule has 1 aliphatic carbocycles. The van der Waals surface area contributed by atoms with Crippen molar-refractivity contribution in [2.75, 3.05) is 10.6 Å². The summed E-state index contributed by atoms with van der Waals surface area (Å²) in [5.74, 6) is 0. The first-order chi connectivity index (χ1) is 8.86. The summed E-state index contributed by atoms with van der Waals surface area (Å²) >= 11 is 0. The molecule has 2 aliphatic rings. The van der Waals surface area contributed by atoms with Gasteiger partial charge in [-0.3, -0.25) is 4.90 Å². The van der Waals surface area contributed by atoms with Gasteiger partial charge < -0.3 is 21.1 Å². The van der Waals surface area contributed by atoms with E-state index in [0.29, 0.717) is 17.1 Å². The van der Waals surface area contributed by atoms with E-state index in [2.05, 4.69) is 6.58 Å². The zero-order valence-corrected chi connectivity index (χ0v) is 11.2. The first-order valence-corrected chi connectivity index (χ1v) is 6.43. The Morgan fingerprint density at radius 1 is 1.26 bits per heavy atom. The minimum absolute atomic E-state index is 0.248. The molecule has 5 heteroatoms. The molecule has 0 unspecified atom stereocenters. The Hall–Kier alpha value is -1.56. The number of aliphatic hydroxyl groups is 3. The van der Waals surface area contributed by atoms with Crippen LogP contribution < -0.4 is 10.6 Å². The van der Waals surface area contributed by atoms with Gasteiger partial charge in [-0.2, -0.15) is 0 Å². The minimum atomic E-state index is -2.94. The van der Waals surface area contributed by atoms with Crippen molar-refractivity contribution in [2.24, 2.45) is 0 Å². The van der Waals surface area contributed by atoms with Gasteiger partial charge in [-0.05, 0) is 30.5 Å². The average molecular weight is 264 g/mol. The first kappa shape index (κ1) is 13.9. The Bertz CT molecular complexity index is 516. The van der Waals surface area contributed by atoms with Crippen LogP contribution in [0.1, 0.15) is 32.3 Å². The quantitative estimate of drug-likeness (QED) is 0.453. The molecule has 5 N–H and O–H groups in total. The van der Waals surface area contributed by atoms with Crippen LogP contribution in [0.4, 0.5) is 11.4 Å². The zero-order valence-electron chi connectivity index (χ0n) is 11.2. The molecule has 1 spiro atoms. The lowest BCUT2D eigenvalue weighted by Gasteiger charge is -2.30. The first-order valence-electron chi connectivity index (χ1n) is 6.43. The molecule has 5 nitrogen and oxygen atoms in total. The van der Waals surface area contributed by atoms with Crippen molar-refractivity contribution in [1.29, 1.82) is 0 Å². The van der Waals surface area contributed by atoms with Gasteiger partial charge in [0.15, 0.2) is 0 Å². The fraction of sp³-hybridized carbons (Fsp3) is 0.429. The van der Waals surface area contributed by atoms with Crippen molar-refractivity contribution < 1.29 is 15.3 Å². The van der Waals surface area contributed by atoms with Gasteiger partial charge in [-0.15, -0.1) is 0 Å². The Kier molecular flexibility index (Phi) is 3.09. The highest BCUT2D eigenvalue weighted by Crippen LogP contribution is 2.62. The number of nitrogen functional groups attached to an aromatic ring is 1. The summed E-state index contributed by atoms with van der Waals surface area (Å²) in [4.78, 5) is 1.03. The van der Waals surface area contributed by atoms with Crippen molar-refractivity contribution in [3.63, 3.8) is 0 Å². The van der Waals surface area contributed by atoms with Gasteiger partial charge in [0.05, 0.1) is 5.69 Å². The van der Waals surface area contributed by atoms with E-state index in [0.717, 1.165) is 23.3 Å². The maximum absolute atomic E-state index is 9.42. The van der Waals surface area contributed by atoms with E-state index in [4.69, 9.17) is 5.73 Å². The van der Waals surface area contributed by atoms with Gasteiger partial charge in [0.25, 0.3) is 0 Å². The highest BCUT2D eigenvalue weighted by molar-refractivity contribution is 5.76. The van der Waals surface area contributed by atoms with Crippen LogP contribution in [-0.2, 0) is 5.41 Å². The van der Waals surface area contributed by atoms with Crippen molar-refractivity contribution in [3.05, 3.63) is 36.0 Å². The topological polar surface area (TPSA) is 90.0 Å². The van der Waals surface area contributed by atoms with Gasteiger partial charge in [0.2, 0.25) is 0 Å². The van der Waals surface area contributed by atoms with E-state index in [1.807, 2.05) is 19.9 Å². The molecule has 0 atom stereocenters. The molecule has 1 aromatic carbocycles. The number of rotatable bonds is 1. The monoisotopic (exact) mass is 264 g/mol. The Morgan fingerprint density at radius 3 is 2.32 bits per heavy atom. The highest BCUT2D eigenvalue weighted by Gasteiger charge is 2.58. The number of nitrogens with two attached hydrogens (primary N) is 1. The van der Waals surface area contributed by atoms with Crippen LogP contribution in [0.5, 0.6) is 0 Å². The normalized spacial score (nSPS) is 19.0. The largest absolute Gasteiger partial charge is 0.399 e. The maximum Gasteiger partial charge on any atom is 0.373 e. The van der Waals surface area contributed by atoms with E-state index in [9.17, 15) is 15.3 Å². The zero-order chi connectivity index (χ0) is 14.4. The summed E-state index contributed by atoms with van der Waals surface area (Å²) in [5.41, 5.74) is 7.91. The lowest BCUT2D eigenvalue weighted by molar-refractivity contribution is -0.306. The lowest BCUT2D eigenvalue weighted by Crippen LogP contribution is -2.47. The molecule has 1 aromatic rings. The number of fused-ring (bicyclic) bond motifs is 2. The Labute approximate surface area is 112 Å². The van der Waals surface area contributed by atoms with Gasteiger partial charge in [0, 0.05) is 16.8 Å². The van der Waals surface area contributed by atoms with Crippen LogP contribution in [0.2, 0.25) is 0 Å². The highest BCUT2D eigenvalue weighted by atomic mass is 16.7. The van der Waals surface area contributed by atoms with E-state index in [-0.39, 0.29) is 5.41 Å². The Balaban J connectivity index is 0.000000637.